The number of aryl methyl sites for hydroxylation is 1. The number of H-pyrrole nitrogens is 2. The van der Waals surface area contributed by atoms with Gasteiger partial charge in [0.25, 0.3) is 0 Å². The molecule has 41 heavy (non-hydrogen) atoms. The van der Waals surface area contributed by atoms with Gasteiger partial charge in [0.2, 0.25) is 11.8 Å². The van der Waals surface area contributed by atoms with E-state index in [-0.39, 0.29) is 23.9 Å². The van der Waals surface area contributed by atoms with Crippen molar-refractivity contribution in [2.75, 3.05) is 19.8 Å². The van der Waals surface area contributed by atoms with Crippen molar-refractivity contribution in [2.24, 2.45) is 0 Å². The van der Waals surface area contributed by atoms with Crippen LogP contribution in [-0.4, -0.2) is 50.7 Å². The van der Waals surface area contributed by atoms with Crippen LogP contribution in [0.1, 0.15) is 54.9 Å². The van der Waals surface area contributed by atoms with Crippen molar-refractivity contribution in [3.63, 3.8) is 0 Å². The molecule has 3 heterocycles. The van der Waals surface area contributed by atoms with Crippen LogP contribution >= 0.6 is 0 Å². The lowest BCUT2D eigenvalue weighted by molar-refractivity contribution is -0.131. The quantitative estimate of drug-likeness (QED) is 0.196. The average molecular weight is 549 g/mol. The highest BCUT2D eigenvalue weighted by atomic mass is 16.2. The molecule has 2 unspecified atom stereocenters. The minimum atomic E-state index is -0.130. The fraction of sp³-hybridized carbons (Fsp3) is 0.242. The van der Waals surface area contributed by atoms with E-state index in [1.807, 2.05) is 69.4 Å². The number of benzene rings is 2. The van der Waals surface area contributed by atoms with Crippen LogP contribution in [0.25, 0.3) is 27.9 Å². The number of nitrogens with zero attached hydrogens (tertiary/aromatic N) is 3. The summed E-state index contributed by atoms with van der Waals surface area (Å²) in [6.45, 7) is 4.00. The second kappa shape index (κ2) is 11.7. The lowest BCUT2D eigenvalue weighted by Gasteiger charge is -2.24. The van der Waals surface area contributed by atoms with E-state index in [1.165, 1.54) is 6.08 Å². The number of carbonyl (C=O) groups is 2. The monoisotopic (exact) mass is 548 g/mol. The SMILES string of the molecule is CC(c1cc2ccccc2[nH]1)N(C)C(=O)C=Cc1cnc(N)c(CCC(=O)N(C)C(C)c2cc3ccccc3[nH]2)c1. The second-order valence-electron chi connectivity index (χ2n) is 10.6. The molecule has 0 aliphatic rings. The van der Waals surface area contributed by atoms with Gasteiger partial charge in [-0.3, -0.25) is 9.59 Å². The van der Waals surface area contributed by atoms with E-state index < -0.39 is 0 Å². The smallest absolute Gasteiger partial charge is 0.246 e. The number of aromatic nitrogens is 3. The number of hydrogen-bond donors (Lipinski definition) is 3. The molecule has 2 amide bonds. The maximum Gasteiger partial charge on any atom is 0.246 e. The maximum atomic E-state index is 13.1. The average Bonchev–Trinajstić information content (AvgIpc) is 3.62. The molecule has 0 saturated heterocycles. The second-order valence-corrected chi connectivity index (χ2v) is 10.6. The molecule has 5 rings (SSSR count). The first-order chi connectivity index (χ1) is 19.7. The number of nitrogen functional groups attached to an aromatic ring is 1. The fourth-order valence-electron chi connectivity index (χ4n) is 5.00. The first-order valence-corrected chi connectivity index (χ1v) is 13.8. The largest absolute Gasteiger partial charge is 0.383 e. The molecule has 0 aliphatic heterocycles. The molecule has 0 fully saturated rings. The van der Waals surface area contributed by atoms with Crippen LogP contribution in [-0.2, 0) is 16.0 Å². The van der Waals surface area contributed by atoms with E-state index in [9.17, 15) is 9.59 Å². The Bertz CT molecular complexity index is 1670. The third kappa shape index (κ3) is 6.01. The Morgan fingerprint density at radius 3 is 2.02 bits per heavy atom. The van der Waals surface area contributed by atoms with Gasteiger partial charge in [-0.15, -0.1) is 0 Å². The predicted octanol–water partition coefficient (Wildman–Crippen LogP) is 6.01. The lowest BCUT2D eigenvalue weighted by Crippen LogP contribution is -2.30. The Labute approximate surface area is 239 Å². The van der Waals surface area contributed by atoms with Crippen LogP contribution in [0.5, 0.6) is 0 Å². The molecule has 8 heteroatoms. The Kier molecular flexibility index (Phi) is 7.92. The number of para-hydroxylation sites is 2. The molecule has 4 N–H and O–H groups in total. The molecule has 0 bridgehead atoms. The number of anilines is 1. The van der Waals surface area contributed by atoms with Crippen LogP contribution in [0.3, 0.4) is 0 Å². The highest BCUT2D eigenvalue weighted by Crippen LogP contribution is 2.25. The van der Waals surface area contributed by atoms with Crippen LogP contribution in [0.4, 0.5) is 5.82 Å². The van der Waals surface area contributed by atoms with Gasteiger partial charge < -0.3 is 25.5 Å². The van der Waals surface area contributed by atoms with Gasteiger partial charge in [-0.05, 0) is 78.6 Å². The van der Waals surface area contributed by atoms with Crippen molar-refractivity contribution in [2.45, 2.75) is 38.8 Å². The summed E-state index contributed by atoms with van der Waals surface area (Å²) < 4.78 is 0. The topological polar surface area (TPSA) is 111 Å². The van der Waals surface area contributed by atoms with Crippen LogP contribution < -0.4 is 5.73 Å². The van der Waals surface area contributed by atoms with Gasteiger partial charge in [0.1, 0.15) is 5.82 Å². The number of fused-ring (bicyclic) bond motifs is 2. The number of hydrogen-bond acceptors (Lipinski definition) is 4. The molecule has 2 aromatic carbocycles. The zero-order chi connectivity index (χ0) is 29.1. The van der Waals surface area contributed by atoms with E-state index in [1.54, 1.807) is 29.1 Å². The fourth-order valence-corrected chi connectivity index (χ4v) is 5.00. The Morgan fingerprint density at radius 2 is 1.44 bits per heavy atom. The Hall–Kier alpha value is -4.85. The highest BCUT2D eigenvalue weighted by molar-refractivity contribution is 5.92. The minimum Gasteiger partial charge on any atom is -0.383 e. The molecule has 0 radical (unpaired) electrons. The molecular weight excluding hydrogens is 512 g/mol. The molecule has 0 spiro atoms. The van der Waals surface area contributed by atoms with Crippen molar-refractivity contribution >= 4 is 45.5 Å². The van der Waals surface area contributed by atoms with Gasteiger partial charge in [0.15, 0.2) is 0 Å². The number of nitrogens with one attached hydrogen (secondary N) is 2. The normalized spacial score (nSPS) is 13.1. The van der Waals surface area contributed by atoms with Crippen molar-refractivity contribution in [1.82, 2.24) is 24.8 Å². The summed E-state index contributed by atoms with van der Waals surface area (Å²) in [5, 5.41) is 2.24. The van der Waals surface area contributed by atoms with Crippen molar-refractivity contribution in [3.8, 4) is 0 Å². The van der Waals surface area contributed by atoms with Crippen LogP contribution in [0, 0.1) is 0 Å². The predicted molar refractivity (Wildman–Crippen MR) is 165 cm³/mol. The van der Waals surface area contributed by atoms with E-state index in [0.717, 1.165) is 44.3 Å². The van der Waals surface area contributed by atoms with Crippen molar-refractivity contribution in [3.05, 3.63) is 102 Å². The molecule has 8 nitrogen and oxygen atoms in total. The molecule has 0 aliphatic carbocycles. The summed E-state index contributed by atoms with van der Waals surface area (Å²) in [7, 11) is 3.60. The molecule has 5 aromatic rings. The number of likely N-dealkylation sites (N-methyl/N-ethyl adjacent to an activating group) is 1. The van der Waals surface area contributed by atoms with E-state index >= 15 is 0 Å². The summed E-state index contributed by atoms with van der Waals surface area (Å²) in [6, 6.07) is 21.9. The number of pyridine rings is 1. The van der Waals surface area contributed by atoms with E-state index in [4.69, 9.17) is 5.73 Å². The third-order valence-electron chi connectivity index (χ3n) is 7.95. The Morgan fingerprint density at radius 1 is 0.878 bits per heavy atom. The first kappa shape index (κ1) is 27.7. The van der Waals surface area contributed by atoms with Crippen molar-refractivity contribution < 1.29 is 9.59 Å². The standard InChI is InChI=1S/C33H36N6O2/c1-21(29-18-24-9-5-7-11-27(24)36-29)38(3)31(40)15-13-23-17-26(33(34)35-20-23)14-16-32(41)39(4)22(2)30-19-25-10-6-8-12-28(25)37-30/h5-13,15,17-22,36-37H,14,16H2,1-4H3,(H2,34,35). The summed E-state index contributed by atoms with van der Waals surface area (Å²) in [4.78, 5) is 40.6. The highest BCUT2D eigenvalue weighted by Gasteiger charge is 2.20. The van der Waals surface area contributed by atoms with Crippen molar-refractivity contribution in [1.29, 1.82) is 0 Å². The van der Waals surface area contributed by atoms with Gasteiger partial charge in [-0.2, -0.15) is 0 Å². The summed E-state index contributed by atoms with van der Waals surface area (Å²) in [5.41, 5.74) is 11.7. The van der Waals surface area contributed by atoms with Gasteiger partial charge >= 0.3 is 0 Å². The first-order valence-electron chi connectivity index (χ1n) is 13.8. The van der Waals surface area contributed by atoms with Gasteiger partial charge in [-0.25, -0.2) is 4.98 Å². The lowest BCUT2D eigenvalue weighted by atomic mass is 10.1. The van der Waals surface area contributed by atoms with Crippen LogP contribution in [0.2, 0.25) is 0 Å². The summed E-state index contributed by atoms with van der Waals surface area (Å²) in [5.74, 6) is 0.272. The van der Waals surface area contributed by atoms with Gasteiger partial charge in [0.05, 0.1) is 12.1 Å². The summed E-state index contributed by atoms with van der Waals surface area (Å²) in [6.07, 6.45) is 5.66. The number of amides is 2. The maximum absolute atomic E-state index is 13.1. The van der Waals surface area contributed by atoms with Gasteiger partial charge in [0, 0.05) is 55.2 Å². The molecular formula is C33H36N6O2. The number of nitrogens with two attached hydrogens (primary N) is 1. The number of carbonyl (C=O) groups excluding carboxylic acids is 2. The molecule has 210 valence electrons. The zero-order valence-electron chi connectivity index (χ0n) is 23.9. The third-order valence-corrected chi connectivity index (χ3v) is 7.95. The van der Waals surface area contributed by atoms with Crippen LogP contribution in [0.15, 0.2) is 79.0 Å². The number of rotatable bonds is 9. The van der Waals surface area contributed by atoms with E-state index in [0.29, 0.717) is 18.7 Å². The summed E-state index contributed by atoms with van der Waals surface area (Å²) >= 11 is 0. The molecule has 3 aromatic heterocycles. The molecule has 0 saturated carbocycles. The van der Waals surface area contributed by atoms with Gasteiger partial charge in [-0.1, -0.05) is 36.4 Å². The Balaban J connectivity index is 1.20. The zero-order valence-corrected chi connectivity index (χ0v) is 23.9. The minimum absolute atomic E-state index is 0.0132. The van der Waals surface area contributed by atoms with E-state index in [2.05, 4.69) is 33.2 Å². The number of aromatic amines is 2. The molecule has 2 atom stereocenters.